The first-order valence-electron chi connectivity index (χ1n) is 7.75. The average molecular weight is 448 g/mol. The number of methoxy groups -OCH3 is 1. The van der Waals surface area contributed by atoms with Crippen LogP contribution in [0.1, 0.15) is 15.9 Å². The summed E-state index contributed by atoms with van der Waals surface area (Å²) in [5.74, 6) is 0.414. The molecule has 7 nitrogen and oxygen atoms in total. The number of carbonyl (C=O) groups is 2. The second-order valence-corrected chi connectivity index (χ2v) is 7.09. The number of nitrogens with zero attached hydrogens (tertiary/aromatic N) is 2. The molecule has 1 saturated heterocycles. The molecule has 0 spiro atoms. The molecule has 9 heteroatoms. The molecular formula is C18H14BrN3O4S. The van der Waals surface area contributed by atoms with Crippen LogP contribution in [0.5, 0.6) is 11.5 Å². The van der Waals surface area contributed by atoms with Gasteiger partial charge in [-0.05, 0) is 40.2 Å². The van der Waals surface area contributed by atoms with Crippen LogP contribution >= 0.6 is 27.7 Å². The predicted molar refractivity (Wildman–Crippen MR) is 108 cm³/mol. The number of carbonyl (C=O) groups excluding carboxylic acids is 2. The summed E-state index contributed by atoms with van der Waals surface area (Å²) in [5.41, 5.74) is 1.11. The van der Waals surface area contributed by atoms with Gasteiger partial charge in [0, 0.05) is 10.0 Å². The third-order valence-corrected chi connectivity index (χ3v) is 4.98. The summed E-state index contributed by atoms with van der Waals surface area (Å²) in [4.78, 5) is 23.4. The molecule has 0 aliphatic carbocycles. The van der Waals surface area contributed by atoms with Crippen LogP contribution in [0.3, 0.4) is 0 Å². The van der Waals surface area contributed by atoms with Gasteiger partial charge >= 0.3 is 5.97 Å². The normalized spacial score (nSPS) is 15.2. The van der Waals surface area contributed by atoms with Crippen LogP contribution < -0.4 is 14.8 Å². The van der Waals surface area contributed by atoms with Gasteiger partial charge in [0.05, 0.1) is 24.6 Å². The van der Waals surface area contributed by atoms with Gasteiger partial charge in [0.1, 0.15) is 0 Å². The number of amidine groups is 1. The van der Waals surface area contributed by atoms with E-state index >= 15 is 0 Å². The van der Waals surface area contributed by atoms with Gasteiger partial charge in [0.15, 0.2) is 16.7 Å². The predicted octanol–water partition coefficient (Wildman–Crippen LogP) is 3.23. The Balaban J connectivity index is 1.78. The molecule has 27 heavy (non-hydrogen) atoms. The van der Waals surface area contributed by atoms with E-state index in [-0.39, 0.29) is 11.7 Å². The highest BCUT2D eigenvalue weighted by Gasteiger charge is 2.17. The standard InChI is InChI=1S/C18H14BrN3O4S/c1-25-14-7-12(9-20-22-18-21-16(23)10-27-18)13(19)8-15(14)26-17(24)11-5-3-2-4-6-11/h2-9H,10H2,1H3,(H,21,22,23). The topological polar surface area (TPSA) is 89.3 Å². The summed E-state index contributed by atoms with van der Waals surface area (Å²) in [7, 11) is 1.48. The minimum atomic E-state index is -0.484. The molecule has 0 radical (unpaired) electrons. The molecule has 1 heterocycles. The maximum absolute atomic E-state index is 12.3. The number of thioether (sulfide) groups is 1. The molecule has 1 aliphatic heterocycles. The lowest BCUT2D eigenvalue weighted by Crippen LogP contribution is -2.19. The van der Waals surface area contributed by atoms with E-state index in [0.717, 1.165) is 0 Å². The first kappa shape index (κ1) is 19.1. The van der Waals surface area contributed by atoms with Crippen LogP contribution in [0.2, 0.25) is 0 Å². The van der Waals surface area contributed by atoms with Gasteiger partial charge in [-0.1, -0.05) is 30.0 Å². The molecule has 3 rings (SSSR count). The maximum atomic E-state index is 12.3. The molecule has 2 aromatic rings. The summed E-state index contributed by atoms with van der Waals surface area (Å²) in [6, 6.07) is 12.0. The average Bonchev–Trinajstić information content (AvgIpc) is 3.09. The number of esters is 1. The van der Waals surface area contributed by atoms with Gasteiger partial charge in [0.25, 0.3) is 0 Å². The largest absolute Gasteiger partial charge is 0.493 e. The number of hydrogen-bond donors (Lipinski definition) is 1. The number of halogens is 1. The van der Waals surface area contributed by atoms with E-state index in [0.29, 0.717) is 32.3 Å². The van der Waals surface area contributed by atoms with Gasteiger partial charge in [-0.25, -0.2) is 4.79 Å². The van der Waals surface area contributed by atoms with Gasteiger partial charge in [0.2, 0.25) is 5.91 Å². The zero-order valence-corrected chi connectivity index (χ0v) is 16.5. The quantitative estimate of drug-likeness (QED) is 0.329. The Morgan fingerprint density at radius 1 is 1.26 bits per heavy atom. The zero-order valence-electron chi connectivity index (χ0n) is 14.1. The number of hydrogen-bond acceptors (Lipinski definition) is 7. The Kier molecular flexibility index (Phi) is 6.25. The summed E-state index contributed by atoms with van der Waals surface area (Å²) in [6.45, 7) is 0. The van der Waals surface area contributed by atoms with Crippen LogP contribution in [0, 0.1) is 0 Å². The molecule has 0 unspecified atom stereocenters. The van der Waals surface area contributed by atoms with E-state index in [2.05, 4.69) is 31.4 Å². The SMILES string of the molecule is COc1cc(C=NN=C2NC(=O)CS2)c(Br)cc1OC(=O)c1ccccc1. The van der Waals surface area contributed by atoms with Crippen LogP contribution in [0.15, 0.2) is 57.1 Å². The third-order valence-electron chi connectivity index (χ3n) is 3.43. The van der Waals surface area contributed by atoms with Crippen LogP contribution in [0.25, 0.3) is 0 Å². The summed E-state index contributed by atoms with van der Waals surface area (Å²) in [5, 5.41) is 11.0. The molecule has 138 valence electrons. The highest BCUT2D eigenvalue weighted by Crippen LogP contribution is 2.33. The Bertz CT molecular complexity index is 932. The summed E-state index contributed by atoms with van der Waals surface area (Å²) in [6.07, 6.45) is 1.51. The first-order valence-corrected chi connectivity index (χ1v) is 9.53. The van der Waals surface area contributed by atoms with Crippen molar-refractivity contribution in [3.63, 3.8) is 0 Å². The fraction of sp³-hybridized carbons (Fsp3) is 0.111. The molecule has 0 saturated carbocycles. The highest BCUT2D eigenvalue weighted by molar-refractivity contribution is 9.10. The van der Waals surface area contributed by atoms with Crippen LogP contribution in [-0.2, 0) is 4.79 Å². The van der Waals surface area contributed by atoms with E-state index in [9.17, 15) is 9.59 Å². The number of ether oxygens (including phenoxy) is 2. The molecule has 0 atom stereocenters. The highest BCUT2D eigenvalue weighted by atomic mass is 79.9. The van der Waals surface area contributed by atoms with E-state index < -0.39 is 5.97 Å². The van der Waals surface area contributed by atoms with E-state index in [4.69, 9.17) is 9.47 Å². The molecule has 1 N–H and O–H groups in total. The minimum Gasteiger partial charge on any atom is -0.493 e. The van der Waals surface area contributed by atoms with Crippen molar-refractivity contribution < 1.29 is 19.1 Å². The molecule has 2 aromatic carbocycles. The van der Waals surface area contributed by atoms with E-state index in [1.54, 1.807) is 36.4 Å². The van der Waals surface area contributed by atoms with Gasteiger partial charge in [-0.3, -0.25) is 4.79 Å². The van der Waals surface area contributed by atoms with Gasteiger partial charge < -0.3 is 14.8 Å². The number of benzene rings is 2. The van der Waals surface area contributed by atoms with E-state index in [1.165, 1.54) is 25.1 Å². The van der Waals surface area contributed by atoms with Crippen molar-refractivity contribution in [3.8, 4) is 11.5 Å². The van der Waals surface area contributed by atoms with Crippen molar-refractivity contribution in [3.05, 3.63) is 58.1 Å². The second-order valence-electron chi connectivity index (χ2n) is 5.27. The Labute approximate surface area is 168 Å². The Morgan fingerprint density at radius 2 is 2.04 bits per heavy atom. The summed E-state index contributed by atoms with van der Waals surface area (Å²) < 4.78 is 11.4. The molecule has 1 amide bonds. The fourth-order valence-electron chi connectivity index (χ4n) is 2.14. The Hall–Kier alpha value is -2.65. The molecule has 1 fully saturated rings. The Morgan fingerprint density at radius 3 is 2.70 bits per heavy atom. The van der Waals surface area contributed by atoms with Crippen molar-refractivity contribution in [1.82, 2.24) is 5.32 Å². The maximum Gasteiger partial charge on any atom is 0.343 e. The van der Waals surface area contributed by atoms with Crippen LogP contribution in [0.4, 0.5) is 0 Å². The van der Waals surface area contributed by atoms with Gasteiger partial charge in [-0.15, -0.1) is 5.10 Å². The third kappa shape index (κ3) is 4.95. The summed E-state index contributed by atoms with van der Waals surface area (Å²) >= 11 is 4.70. The molecule has 1 aliphatic rings. The molecular weight excluding hydrogens is 434 g/mol. The second kappa shape index (κ2) is 8.83. The molecule has 0 bridgehead atoms. The smallest absolute Gasteiger partial charge is 0.343 e. The number of rotatable bonds is 5. The monoisotopic (exact) mass is 447 g/mol. The van der Waals surface area contributed by atoms with Gasteiger partial charge in [-0.2, -0.15) is 5.10 Å². The first-order chi connectivity index (χ1) is 13.1. The lowest BCUT2D eigenvalue weighted by atomic mass is 10.2. The van der Waals surface area contributed by atoms with Crippen molar-refractivity contribution in [1.29, 1.82) is 0 Å². The van der Waals surface area contributed by atoms with Crippen molar-refractivity contribution in [2.75, 3.05) is 12.9 Å². The van der Waals surface area contributed by atoms with Crippen LogP contribution in [-0.4, -0.2) is 36.1 Å². The lowest BCUT2D eigenvalue weighted by Gasteiger charge is -2.11. The van der Waals surface area contributed by atoms with E-state index in [1.807, 2.05) is 6.07 Å². The van der Waals surface area contributed by atoms with Crippen molar-refractivity contribution >= 4 is 51.0 Å². The lowest BCUT2D eigenvalue weighted by molar-refractivity contribution is -0.116. The molecule has 0 aromatic heterocycles. The fourth-order valence-corrected chi connectivity index (χ4v) is 3.20. The zero-order chi connectivity index (χ0) is 19.2. The van der Waals surface area contributed by atoms with Crippen molar-refractivity contribution in [2.45, 2.75) is 0 Å². The minimum absolute atomic E-state index is 0.0959. The number of nitrogens with one attached hydrogen (secondary N) is 1. The van der Waals surface area contributed by atoms with Crippen molar-refractivity contribution in [2.24, 2.45) is 10.2 Å². The number of amides is 1.